The van der Waals surface area contributed by atoms with Crippen LogP contribution in [-0.2, 0) is 6.42 Å². The number of halogens is 1. The molecule has 0 bridgehead atoms. The molecule has 1 N–H and O–H groups in total. The van der Waals surface area contributed by atoms with Gasteiger partial charge in [0.2, 0.25) is 0 Å². The van der Waals surface area contributed by atoms with Gasteiger partial charge in [0.15, 0.2) is 0 Å². The molecule has 2 aromatic rings. The monoisotopic (exact) mass is 250 g/mol. The van der Waals surface area contributed by atoms with Crippen molar-refractivity contribution in [2.24, 2.45) is 0 Å². The Kier molecular flexibility index (Phi) is 4.23. The second kappa shape index (κ2) is 5.89. The third-order valence-corrected chi connectivity index (χ3v) is 3.60. The lowest BCUT2D eigenvalue weighted by Gasteiger charge is -1.97. The number of benzene rings is 1. The summed E-state index contributed by atoms with van der Waals surface area (Å²) in [6.07, 6.45) is 3.92. The van der Waals surface area contributed by atoms with E-state index < -0.39 is 0 Å². The molecule has 1 aromatic carbocycles. The standard InChI is InChI=1S/C13H15FN2S/c1-15-8-4-5-10-9-16-13(17-10)11-6-2-3-7-12(11)14/h2-3,6-7,9,15H,4-5,8H2,1H3. The van der Waals surface area contributed by atoms with E-state index in [9.17, 15) is 4.39 Å². The van der Waals surface area contributed by atoms with Crippen molar-refractivity contribution < 1.29 is 4.39 Å². The van der Waals surface area contributed by atoms with E-state index in [1.54, 1.807) is 23.5 Å². The van der Waals surface area contributed by atoms with E-state index in [1.165, 1.54) is 10.9 Å². The Hall–Kier alpha value is -1.26. The van der Waals surface area contributed by atoms with Gasteiger partial charge in [-0.05, 0) is 38.6 Å². The van der Waals surface area contributed by atoms with Crippen molar-refractivity contribution >= 4 is 11.3 Å². The zero-order chi connectivity index (χ0) is 12.1. The lowest BCUT2D eigenvalue weighted by molar-refractivity contribution is 0.631. The number of hydrogen-bond acceptors (Lipinski definition) is 3. The Morgan fingerprint density at radius 3 is 2.94 bits per heavy atom. The minimum atomic E-state index is -0.205. The van der Waals surface area contributed by atoms with Crippen LogP contribution < -0.4 is 5.32 Å². The molecule has 0 atom stereocenters. The average molecular weight is 250 g/mol. The van der Waals surface area contributed by atoms with E-state index in [-0.39, 0.29) is 5.82 Å². The molecule has 4 heteroatoms. The Labute approximate surface area is 105 Å². The van der Waals surface area contributed by atoms with Gasteiger partial charge in [-0.3, -0.25) is 0 Å². The van der Waals surface area contributed by atoms with Crippen molar-refractivity contribution in [3.05, 3.63) is 41.2 Å². The van der Waals surface area contributed by atoms with Crippen LogP contribution >= 0.6 is 11.3 Å². The molecule has 0 radical (unpaired) electrons. The van der Waals surface area contributed by atoms with Crippen molar-refractivity contribution in [3.63, 3.8) is 0 Å². The topological polar surface area (TPSA) is 24.9 Å². The first-order chi connectivity index (χ1) is 8.31. The Balaban J connectivity index is 2.10. The summed E-state index contributed by atoms with van der Waals surface area (Å²) in [7, 11) is 1.94. The lowest BCUT2D eigenvalue weighted by Crippen LogP contribution is -2.07. The number of thiazole rings is 1. The van der Waals surface area contributed by atoms with E-state index in [4.69, 9.17) is 0 Å². The normalized spacial score (nSPS) is 10.7. The molecule has 0 aliphatic rings. The van der Waals surface area contributed by atoms with Crippen LogP contribution in [0.15, 0.2) is 30.5 Å². The average Bonchev–Trinajstić information content (AvgIpc) is 2.79. The molecule has 1 heterocycles. The highest BCUT2D eigenvalue weighted by molar-refractivity contribution is 7.15. The van der Waals surface area contributed by atoms with E-state index in [2.05, 4.69) is 10.3 Å². The molecular formula is C13H15FN2S. The highest BCUT2D eigenvalue weighted by Gasteiger charge is 2.08. The van der Waals surface area contributed by atoms with E-state index in [0.29, 0.717) is 5.56 Å². The van der Waals surface area contributed by atoms with Gasteiger partial charge >= 0.3 is 0 Å². The van der Waals surface area contributed by atoms with Crippen molar-refractivity contribution in [2.45, 2.75) is 12.8 Å². The van der Waals surface area contributed by atoms with Crippen molar-refractivity contribution in [3.8, 4) is 10.6 Å². The van der Waals surface area contributed by atoms with Gasteiger partial charge in [0.1, 0.15) is 10.8 Å². The summed E-state index contributed by atoms with van der Waals surface area (Å²) < 4.78 is 13.5. The Bertz CT molecular complexity index is 482. The molecule has 1 aromatic heterocycles. The van der Waals surface area contributed by atoms with Crippen LogP contribution in [0.4, 0.5) is 4.39 Å². The molecule has 0 amide bonds. The zero-order valence-corrected chi connectivity index (χ0v) is 10.6. The molecule has 0 spiro atoms. The fourth-order valence-corrected chi connectivity index (χ4v) is 2.60. The second-order valence-electron chi connectivity index (χ2n) is 3.82. The smallest absolute Gasteiger partial charge is 0.133 e. The Morgan fingerprint density at radius 1 is 1.35 bits per heavy atom. The van der Waals surface area contributed by atoms with E-state index in [1.807, 2.05) is 19.3 Å². The molecule has 0 aliphatic heterocycles. The number of hydrogen-bond donors (Lipinski definition) is 1. The fourth-order valence-electron chi connectivity index (χ4n) is 1.62. The van der Waals surface area contributed by atoms with Crippen molar-refractivity contribution in [1.29, 1.82) is 0 Å². The van der Waals surface area contributed by atoms with Gasteiger partial charge in [-0.1, -0.05) is 12.1 Å². The van der Waals surface area contributed by atoms with Crippen molar-refractivity contribution in [2.75, 3.05) is 13.6 Å². The number of nitrogens with zero attached hydrogens (tertiary/aromatic N) is 1. The molecule has 17 heavy (non-hydrogen) atoms. The third kappa shape index (κ3) is 3.11. The summed E-state index contributed by atoms with van der Waals surface area (Å²) in [6, 6.07) is 6.77. The van der Waals surface area contributed by atoms with E-state index >= 15 is 0 Å². The zero-order valence-electron chi connectivity index (χ0n) is 9.74. The SMILES string of the molecule is CNCCCc1cnc(-c2ccccc2F)s1. The van der Waals surface area contributed by atoms with Gasteiger partial charge in [-0.15, -0.1) is 11.3 Å². The van der Waals surface area contributed by atoms with Gasteiger partial charge in [0, 0.05) is 16.6 Å². The van der Waals surface area contributed by atoms with Gasteiger partial charge in [0.05, 0.1) is 0 Å². The molecule has 2 rings (SSSR count). The first-order valence-corrected chi connectivity index (χ1v) is 6.47. The summed E-state index contributed by atoms with van der Waals surface area (Å²) in [6.45, 7) is 0.993. The molecule has 0 saturated heterocycles. The number of aryl methyl sites for hydroxylation is 1. The van der Waals surface area contributed by atoms with Gasteiger partial charge in [-0.25, -0.2) is 9.37 Å². The highest BCUT2D eigenvalue weighted by Crippen LogP contribution is 2.27. The maximum atomic E-state index is 13.5. The van der Waals surface area contributed by atoms with Crippen molar-refractivity contribution in [1.82, 2.24) is 10.3 Å². The van der Waals surface area contributed by atoms with Crippen LogP contribution in [0, 0.1) is 5.82 Å². The van der Waals surface area contributed by atoms with Gasteiger partial charge < -0.3 is 5.32 Å². The van der Waals surface area contributed by atoms with E-state index in [0.717, 1.165) is 24.4 Å². The number of aromatic nitrogens is 1. The molecule has 0 aliphatic carbocycles. The fraction of sp³-hybridized carbons (Fsp3) is 0.308. The Morgan fingerprint density at radius 2 is 2.18 bits per heavy atom. The maximum Gasteiger partial charge on any atom is 0.133 e. The molecule has 90 valence electrons. The quantitative estimate of drug-likeness (QED) is 0.825. The van der Waals surface area contributed by atoms with Gasteiger partial charge in [0.25, 0.3) is 0 Å². The van der Waals surface area contributed by atoms with Crippen LogP contribution in [-0.4, -0.2) is 18.6 Å². The minimum Gasteiger partial charge on any atom is -0.320 e. The molecule has 0 fully saturated rings. The molecule has 2 nitrogen and oxygen atoms in total. The molecular weight excluding hydrogens is 235 g/mol. The first kappa shape index (κ1) is 12.2. The minimum absolute atomic E-state index is 0.205. The second-order valence-corrected chi connectivity index (χ2v) is 4.93. The number of rotatable bonds is 5. The molecule has 0 unspecified atom stereocenters. The van der Waals surface area contributed by atoms with Crippen LogP contribution in [0.5, 0.6) is 0 Å². The summed E-state index contributed by atoms with van der Waals surface area (Å²) in [5.41, 5.74) is 0.595. The predicted molar refractivity (Wildman–Crippen MR) is 69.8 cm³/mol. The largest absolute Gasteiger partial charge is 0.320 e. The van der Waals surface area contributed by atoms with Crippen LogP contribution in [0.2, 0.25) is 0 Å². The summed E-state index contributed by atoms with van der Waals surface area (Å²) in [4.78, 5) is 5.49. The molecule has 0 saturated carbocycles. The van der Waals surface area contributed by atoms with Gasteiger partial charge in [-0.2, -0.15) is 0 Å². The van der Waals surface area contributed by atoms with Crippen LogP contribution in [0.1, 0.15) is 11.3 Å². The van der Waals surface area contributed by atoms with Crippen LogP contribution in [0.3, 0.4) is 0 Å². The lowest BCUT2D eigenvalue weighted by atomic mass is 10.2. The summed E-state index contributed by atoms with van der Waals surface area (Å²) in [5, 5.41) is 3.88. The predicted octanol–water partition coefficient (Wildman–Crippen LogP) is 3.10. The summed E-state index contributed by atoms with van der Waals surface area (Å²) >= 11 is 1.57. The first-order valence-electron chi connectivity index (χ1n) is 5.65. The number of nitrogens with one attached hydrogen (secondary N) is 1. The van der Waals surface area contributed by atoms with Crippen LogP contribution in [0.25, 0.3) is 10.6 Å². The summed E-state index contributed by atoms with van der Waals surface area (Å²) in [5.74, 6) is -0.205. The maximum absolute atomic E-state index is 13.5. The third-order valence-electron chi connectivity index (χ3n) is 2.51. The highest BCUT2D eigenvalue weighted by atomic mass is 32.1.